The molecule has 0 saturated carbocycles. The number of ketones is 1. The summed E-state index contributed by atoms with van der Waals surface area (Å²) in [4.78, 5) is 12.9. The summed E-state index contributed by atoms with van der Waals surface area (Å²) in [6.45, 7) is 1.95. The molecule has 0 aliphatic carbocycles. The van der Waals surface area contributed by atoms with E-state index in [4.69, 9.17) is 0 Å². The normalized spacial score (nSPS) is 16.7. The van der Waals surface area contributed by atoms with Gasteiger partial charge in [0.05, 0.1) is 12.2 Å². The molecule has 0 unspecified atom stereocenters. The zero-order chi connectivity index (χ0) is 20.6. The molecule has 0 fully saturated rings. The third-order valence-electron chi connectivity index (χ3n) is 4.57. The minimum atomic E-state index is -4.09. The molecule has 0 atom stereocenters. The van der Waals surface area contributed by atoms with E-state index in [1.54, 1.807) is 23.6 Å². The number of Topliss-reactive ketones (excluding diaryl/α,β-unsaturated/α-hetero) is 1. The van der Waals surface area contributed by atoms with Crippen molar-refractivity contribution in [3.63, 3.8) is 0 Å². The molecule has 1 N–H and O–H groups in total. The number of benzene rings is 2. The Bertz CT molecular complexity index is 1200. The van der Waals surface area contributed by atoms with Crippen molar-refractivity contribution in [2.75, 3.05) is 9.62 Å². The summed E-state index contributed by atoms with van der Waals surface area (Å²) >= 11 is 1.19. The number of nitrogens with one attached hydrogen (secondary N) is 1. The second kappa shape index (κ2) is 7.46. The number of hydrogen-bond donors (Lipinski definition) is 1. The Morgan fingerprint density at radius 3 is 2.45 bits per heavy atom. The Labute approximate surface area is 172 Å². The molecule has 1 aliphatic rings. The molecular formula is C21H17FN2O3S2. The topological polar surface area (TPSA) is 66.5 Å². The van der Waals surface area contributed by atoms with Gasteiger partial charge in [-0.15, -0.1) is 11.3 Å². The van der Waals surface area contributed by atoms with Crippen LogP contribution in [0.1, 0.15) is 20.8 Å². The fourth-order valence-electron chi connectivity index (χ4n) is 3.01. The minimum Gasteiger partial charge on any atom is -0.360 e. The van der Waals surface area contributed by atoms with Crippen molar-refractivity contribution in [1.82, 2.24) is 0 Å². The number of thiophene rings is 1. The SMILES string of the molecule is Cc1ccc(NC=C2C(=O)c3sccc3N(Cc3ccc(F)cc3)S2(=O)=O)cc1. The van der Waals surface area contributed by atoms with Crippen molar-refractivity contribution in [1.29, 1.82) is 0 Å². The van der Waals surface area contributed by atoms with Crippen LogP contribution in [0.4, 0.5) is 15.8 Å². The molecule has 1 aliphatic heterocycles. The highest BCUT2D eigenvalue weighted by Gasteiger charge is 2.41. The van der Waals surface area contributed by atoms with Gasteiger partial charge in [-0.25, -0.2) is 12.8 Å². The van der Waals surface area contributed by atoms with E-state index in [0.29, 0.717) is 21.8 Å². The van der Waals surface area contributed by atoms with Gasteiger partial charge in [0.25, 0.3) is 10.0 Å². The molecule has 0 saturated heterocycles. The van der Waals surface area contributed by atoms with E-state index >= 15 is 0 Å². The number of carbonyl (C=O) groups is 1. The van der Waals surface area contributed by atoms with Crippen LogP contribution in [0.2, 0.25) is 0 Å². The lowest BCUT2D eigenvalue weighted by molar-refractivity contribution is 0.104. The second-order valence-corrected chi connectivity index (χ2v) is 9.37. The van der Waals surface area contributed by atoms with Gasteiger partial charge in [0.15, 0.2) is 4.91 Å². The van der Waals surface area contributed by atoms with Crippen LogP contribution in [-0.4, -0.2) is 14.2 Å². The standard InChI is InChI=1S/C21H17FN2O3S2/c1-14-2-8-17(9-3-14)23-12-19-20(25)21-18(10-11-28-21)24(29(19,26)27)13-15-4-6-16(22)7-5-15/h2-12,23H,13H2,1H3. The molecule has 3 aromatic rings. The maximum absolute atomic E-state index is 13.3. The van der Waals surface area contributed by atoms with Crippen molar-refractivity contribution in [2.24, 2.45) is 0 Å². The Hall–Kier alpha value is -2.97. The summed E-state index contributed by atoms with van der Waals surface area (Å²) in [7, 11) is -4.09. The molecule has 0 spiro atoms. The molecule has 148 valence electrons. The van der Waals surface area contributed by atoms with E-state index in [1.807, 2.05) is 19.1 Å². The zero-order valence-electron chi connectivity index (χ0n) is 15.4. The number of sulfonamides is 1. The monoisotopic (exact) mass is 428 g/mol. The van der Waals surface area contributed by atoms with Gasteiger partial charge in [-0.05, 0) is 48.2 Å². The summed E-state index contributed by atoms with van der Waals surface area (Å²) < 4.78 is 40.9. The van der Waals surface area contributed by atoms with E-state index in [9.17, 15) is 17.6 Å². The van der Waals surface area contributed by atoms with Crippen molar-refractivity contribution in [3.05, 3.63) is 92.9 Å². The molecule has 0 bridgehead atoms. The highest BCUT2D eigenvalue weighted by Crippen LogP contribution is 2.39. The van der Waals surface area contributed by atoms with E-state index in [-0.39, 0.29) is 11.4 Å². The second-order valence-electron chi connectivity index (χ2n) is 6.62. The lowest BCUT2D eigenvalue weighted by Gasteiger charge is -2.29. The zero-order valence-corrected chi connectivity index (χ0v) is 17.1. The fraction of sp³-hybridized carbons (Fsp3) is 0.0952. The van der Waals surface area contributed by atoms with Gasteiger partial charge in [-0.3, -0.25) is 9.10 Å². The largest absolute Gasteiger partial charge is 0.360 e. The average molecular weight is 429 g/mol. The third kappa shape index (κ3) is 3.68. The third-order valence-corrected chi connectivity index (χ3v) is 7.24. The lowest BCUT2D eigenvalue weighted by atomic mass is 10.2. The molecule has 2 aromatic carbocycles. The van der Waals surface area contributed by atoms with Crippen LogP contribution in [0.25, 0.3) is 0 Å². The highest BCUT2D eigenvalue weighted by molar-refractivity contribution is 7.97. The highest BCUT2D eigenvalue weighted by atomic mass is 32.2. The maximum Gasteiger partial charge on any atom is 0.270 e. The van der Waals surface area contributed by atoms with Crippen molar-refractivity contribution in [3.8, 4) is 0 Å². The summed E-state index contributed by atoms with van der Waals surface area (Å²) in [6.07, 6.45) is 1.24. The summed E-state index contributed by atoms with van der Waals surface area (Å²) in [5, 5.41) is 4.60. The predicted octanol–water partition coefficient (Wildman–Crippen LogP) is 4.68. The van der Waals surface area contributed by atoms with Crippen LogP contribution in [0.15, 0.2) is 71.1 Å². The average Bonchev–Trinajstić information content (AvgIpc) is 3.17. The molecule has 2 heterocycles. The van der Waals surface area contributed by atoms with Crippen LogP contribution < -0.4 is 9.62 Å². The Kier molecular flexibility index (Phi) is 4.97. The number of aryl methyl sites for hydroxylation is 1. The lowest BCUT2D eigenvalue weighted by Crippen LogP contribution is -2.38. The number of nitrogens with zero attached hydrogens (tertiary/aromatic N) is 1. The van der Waals surface area contributed by atoms with Gasteiger partial charge < -0.3 is 5.32 Å². The van der Waals surface area contributed by atoms with E-state index in [2.05, 4.69) is 5.32 Å². The van der Waals surface area contributed by atoms with Gasteiger partial charge in [0.2, 0.25) is 5.78 Å². The van der Waals surface area contributed by atoms with Crippen LogP contribution in [0.3, 0.4) is 0 Å². The first-order valence-corrected chi connectivity index (χ1v) is 11.1. The fourth-order valence-corrected chi connectivity index (χ4v) is 5.49. The number of anilines is 2. The van der Waals surface area contributed by atoms with Gasteiger partial charge in [0.1, 0.15) is 10.7 Å². The Balaban J connectivity index is 1.73. The van der Waals surface area contributed by atoms with Crippen LogP contribution in [0, 0.1) is 12.7 Å². The summed E-state index contributed by atoms with van der Waals surface area (Å²) in [5.41, 5.74) is 2.70. The van der Waals surface area contributed by atoms with Crippen molar-refractivity contribution in [2.45, 2.75) is 13.5 Å². The first kappa shape index (κ1) is 19.4. The summed E-state index contributed by atoms with van der Waals surface area (Å²) in [6, 6.07) is 14.6. The van der Waals surface area contributed by atoms with E-state index in [0.717, 1.165) is 5.56 Å². The van der Waals surface area contributed by atoms with Gasteiger partial charge in [0, 0.05) is 11.9 Å². The number of halogens is 1. The first-order valence-electron chi connectivity index (χ1n) is 8.79. The Morgan fingerprint density at radius 2 is 1.76 bits per heavy atom. The number of allylic oxidation sites excluding steroid dienone is 1. The molecule has 0 amide bonds. The molecule has 1 aromatic heterocycles. The molecular weight excluding hydrogens is 411 g/mol. The Morgan fingerprint density at radius 1 is 1.07 bits per heavy atom. The smallest absolute Gasteiger partial charge is 0.270 e. The van der Waals surface area contributed by atoms with Crippen LogP contribution >= 0.6 is 11.3 Å². The van der Waals surface area contributed by atoms with E-state index in [1.165, 1.54) is 46.1 Å². The van der Waals surface area contributed by atoms with Crippen LogP contribution in [-0.2, 0) is 16.6 Å². The number of rotatable bonds is 4. The first-order chi connectivity index (χ1) is 13.9. The number of hydrogen-bond acceptors (Lipinski definition) is 5. The molecule has 29 heavy (non-hydrogen) atoms. The number of carbonyl (C=O) groups excluding carboxylic acids is 1. The molecule has 5 nitrogen and oxygen atoms in total. The molecule has 0 radical (unpaired) electrons. The molecule has 8 heteroatoms. The van der Waals surface area contributed by atoms with Gasteiger partial charge in [-0.1, -0.05) is 29.8 Å². The van der Waals surface area contributed by atoms with Gasteiger partial charge in [-0.2, -0.15) is 0 Å². The minimum absolute atomic E-state index is 0.00149. The predicted molar refractivity (Wildman–Crippen MR) is 113 cm³/mol. The maximum atomic E-state index is 13.3. The van der Waals surface area contributed by atoms with Crippen molar-refractivity contribution >= 4 is 38.5 Å². The summed E-state index contributed by atoms with van der Waals surface area (Å²) in [5.74, 6) is -0.936. The van der Waals surface area contributed by atoms with Gasteiger partial charge >= 0.3 is 0 Å². The van der Waals surface area contributed by atoms with Crippen LogP contribution in [0.5, 0.6) is 0 Å². The number of fused-ring (bicyclic) bond motifs is 1. The van der Waals surface area contributed by atoms with E-state index < -0.39 is 21.6 Å². The molecule has 4 rings (SSSR count). The van der Waals surface area contributed by atoms with Crippen molar-refractivity contribution < 1.29 is 17.6 Å². The quantitative estimate of drug-likeness (QED) is 0.613.